The second-order valence-corrected chi connectivity index (χ2v) is 7.98. The van der Waals surface area contributed by atoms with Gasteiger partial charge in [-0.1, -0.05) is 71.6 Å². The van der Waals surface area contributed by atoms with Gasteiger partial charge in [-0.05, 0) is 18.8 Å². The molecule has 0 spiro atoms. The summed E-state index contributed by atoms with van der Waals surface area (Å²) in [5.74, 6) is -0.991. The first kappa shape index (κ1) is 27.6. The van der Waals surface area contributed by atoms with Gasteiger partial charge in [0.1, 0.15) is 0 Å². The van der Waals surface area contributed by atoms with Crippen LogP contribution in [0, 0.1) is 16.0 Å². The van der Waals surface area contributed by atoms with Crippen LogP contribution in [0.3, 0.4) is 0 Å². The molecular weight excluding hydrogens is 388 g/mol. The molecule has 0 radical (unpaired) electrons. The molecule has 0 saturated carbocycles. The highest BCUT2D eigenvalue weighted by Gasteiger charge is 2.39. The van der Waals surface area contributed by atoms with Gasteiger partial charge in [0.05, 0.1) is 0 Å². The van der Waals surface area contributed by atoms with Gasteiger partial charge in [-0.3, -0.25) is 9.59 Å². The number of aliphatic imine (C=N–C) groups is 1. The summed E-state index contributed by atoms with van der Waals surface area (Å²) < 4.78 is 0. The van der Waals surface area contributed by atoms with Crippen molar-refractivity contribution < 1.29 is 14.6 Å². The van der Waals surface area contributed by atoms with E-state index in [1.54, 1.807) is 5.43 Å². The van der Waals surface area contributed by atoms with Crippen molar-refractivity contribution in [2.75, 3.05) is 6.54 Å². The Kier molecular flexibility index (Phi) is 14.2. The van der Waals surface area contributed by atoms with Crippen molar-refractivity contribution in [2.24, 2.45) is 16.6 Å². The number of rotatable bonds is 16. The number of hydrogen-bond donors (Lipinski definition) is 4. The van der Waals surface area contributed by atoms with Crippen LogP contribution in [0.15, 0.2) is 4.99 Å². The second kappa shape index (κ2) is 15.4. The van der Waals surface area contributed by atoms with Gasteiger partial charge in [-0.15, -0.1) is 0 Å². The number of nitro groups is 1. The zero-order valence-corrected chi connectivity index (χ0v) is 19.0. The molecule has 174 valence electrons. The number of hydrogen-bond acceptors (Lipinski definition) is 5. The van der Waals surface area contributed by atoms with E-state index in [4.69, 9.17) is 5.73 Å². The molecule has 0 aliphatic carbocycles. The maximum atomic E-state index is 13.0. The third-order valence-electron chi connectivity index (χ3n) is 4.62. The third kappa shape index (κ3) is 12.2. The Morgan fingerprint density at radius 1 is 1.10 bits per heavy atom. The van der Waals surface area contributed by atoms with Crippen molar-refractivity contribution in [1.82, 2.24) is 16.1 Å². The second-order valence-electron chi connectivity index (χ2n) is 7.98. The molecule has 5 N–H and O–H groups in total. The zero-order valence-electron chi connectivity index (χ0n) is 19.0. The maximum Gasteiger partial charge on any atom is 0.268 e. The van der Waals surface area contributed by atoms with E-state index >= 15 is 0 Å². The highest BCUT2D eigenvalue weighted by atomic mass is 16.7. The van der Waals surface area contributed by atoms with E-state index in [0.29, 0.717) is 25.3 Å². The van der Waals surface area contributed by atoms with Gasteiger partial charge >= 0.3 is 0 Å². The topological polar surface area (TPSA) is 152 Å². The van der Waals surface area contributed by atoms with E-state index in [-0.39, 0.29) is 18.7 Å². The van der Waals surface area contributed by atoms with E-state index in [0.717, 1.165) is 32.1 Å². The standard InChI is InChI=1S/C20H40N6O4/c1-5-7-8-9-10-11-12-17(27)23-20(14-6-2,24-19(21)25-26(29)30)18(28)22-15-13-16(3)4/h16H,5-15H2,1-4H3,(H,22,28)(H,23,27)(H3,21,24,25)/t20-/m1/s1. The Hall–Kier alpha value is -2.39. The average Bonchev–Trinajstić information content (AvgIpc) is 2.63. The maximum absolute atomic E-state index is 13.0. The number of unbranched alkanes of at least 4 members (excludes halogenated alkanes) is 5. The van der Waals surface area contributed by atoms with Crippen molar-refractivity contribution in [3.05, 3.63) is 10.1 Å². The Bertz CT molecular complexity index is 567. The SMILES string of the molecule is CCCCCCCCC(=O)N[C@](CCC)(N=C(N)N[N+](=O)[O-])C(=O)NCCC(C)C. The minimum absolute atomic E-state index is 0.169. The van der Waals surface area contributed by atoms with Gasteiger partial charge in [-0.2, -0.15) is 0 Å². The first-order valence-electron chi connectivity index (χ1n) is 11.0. The summed E-state index contributed by atoms with van der Waals surface area (Å²) in [6, 6.07) is 0. The first-order valence-corrected chi connectivity index (χ1v) is 11.0. The number of amides is 2. The lowest BCUT2D eigenvalue weighted by molar-refractivity contribution is -0.525. The number of nitrogens with one attached hydrogen (secondary N) is 3. The minimum Gasteiger partial charge on any atom is -0.365 e. The quantitative estimate of drug-likeness (QED) is 0.0975. The first-order chi connectivity index (χ1) is 14.2. The Balaban J connectivity index is 5.28. The Morgan fingerprint density at radius 3 is 2.30 bits per heavy atom. The van der Waals surface area contributed by atoms with Crippen molar-refractivity contribution in [2.45, 2.75) is 97.6 Å². The average molecular weight is 429 g/mol. The van der Waals surface area contributed by atoms with Gasteiger partial charge in [0, 0.05) is 19.4 Å². The molecule has 2 amide bonds. The molecule has 10 heteroatoms. The molecule has 0 fully saturated rings. The van der Waals surface area contributed by atoms with Gasteiger partial charge in [0.15, 0.2) is 5.03 Å². The molecule has 0 aliphatic heterocycles. The van der Waals surface area contributed by atoms with Crippen molar-refractivity contribution >= 4 is 17.8 Å². The fourth-order valence-electron chi connectivity index (χ4n) is 3.03. The number of carbonyl (C=O) groups excluding carboxylic acids is 2. The van der Waals surface area contributed by atoms with Crippen LogP contribution in [0.25, 0.3) is 0 Å². The predicted octanol–water partition coefficient (Wildman–Crippen LogP) is 2.61. The largest absolute Gasteiger partial charge is 0.365 e. The number of nitrogens with two attached hydrogens (primary N) is 1. The predicted molar refractivity (Wildman–Crippen MR) is 118 cm³/mol. The summed E-state index contributed by atoms with van der Waals surface area (Å²) in [6.45, 7) is 8.46. The lowest BCUT2D eigenvalue weighted by atomic mass is 10.0. The monoisotopic (exact) mass is 428 g/mol. The molecule has 0 aromatic rings. The summed E-state index contributed by atoms with van der Waals surface area (Å²) in [5.41, 5.74) is 5.68. The molecule has 0 aliphatic rings. The third-order valence-corrected chi connectivity index (χ3v) is 4.62. The smallest absolute Gasteiger partial charge is 0.268 e. The fraction of sp³-hybridized carbons (Fsp3) is 0.850. The summed E-state index contributed by atoms with van der Waals surface area (Å²) in [7, 11) is 0. The van der Waals surface area contributed by atoms with Crippen LogP contribution >= 0.6 is 0 Å². The Labute approximate surface area is 180 Å². The summed E-state index contributed by atoms with van der Waals surface area (Å²) in [5, 5.41) is 15.3. The van der Waals surface area contributed by atoms with Crippen LogP contribution < -0.4 is 21.8 Å². The van der Waals surface area contributed by atoms with E-state index in [1.165, 1.54) is 6.42 Å². The summed E-state index contributed by atoms with van der Waals surface area (Å²) >= 11 is 0. The molecule has 0 aromatic heterocycles. The molecule has 10 nitrogen and oxygen atoms in total. The van der Waals surface area contributed by atoms with E-state index in [1.807, 2.05) is 20.8 Å². The van der Waals surface area contributed by atoms with Gasteiger partial charge in [0.25, 0.3) is 11.9 Å². The van der Waals surface area contributed by atoms with Crippen molar-refractivity contribution in [3.8, 4) is 0 Å². The highest BCUT2D eigenvalue weighted by molar-refractivity contribution is 5.93. The molecule has 0 rings (SSSR count). The molecular formula is C20H40N6O4. The lowest BCUT2D eigenvalue weighted by Crippen LogP contribution is -2.59. The molecule has 0 bridgehead atoms. The van der Waals surface area contributed by atoms with Crippen molar-refractivity contribution in [3.63, 3.8) is 0 Å². The normalized spacial score (nSPS) is 13.6. The molecule has 0 saturated heterocycles. The van der Waals surface area contributed by atoms with Crippen LogP contribution in [0.1, 0.15) is 91.9 Å². The van der Waals surface area contributed by atoms with Crippen LogP contribution in [-0.2, 0) is 9.59 Å². The molecule has 0 unspecified atom stereocenters. The summed E-state index contributed by atoms with van der Waals surface area (Å²) in [6.07, 6.45) is 7.89. The van der Waals surface area contributed by atoms with Crippen molar-refractivity contribution in [1.29, 1.82) is 0 Å². The van der Waals surface area contributed by atoms with Gasteiger partial charge < -0.3 is 16.4 Å². The molecule has 1 atom stereocenters. The molecule has 30 heavy (non-hydrogen) atoms. The number of carbonyl (C=O) groups is 2. The van der Waals surface area contributed by atoms with E-state index < -0.39 is 22.6 Å². The van der Waals surface area contributed by atoms with Gasteiger partial charge in [-0.25, -0.2) is 15.1 Å². The Morgan fingerprint density at radius 2 is 1.73 bits per heavy atom. The summed E-state index contributed by atoms with van der Waals surface area (Å²) in [4.78, 5) is 40.2. The number of nitrogens with zero attached hydrogens (tertiary/aromatic N) is 2. The highest BCUT2D eigenvalue weighted by Crippen LogP contribution is 2.17. The fourth-order valence-corrected chi connectivity index (χ4v) is 3.03. The van der Waals surface area contributed by atoms with Crippen LogP contribution in [-0.4, -0.2) is 35.0 Å². The minimum atomic E-state index is -1.68. The van der Waals surface area contributed by atoms with Crippen LogP contribution in [0.2, 0.25) is 0 Å². The lowest BCUT2D eigenvalue weighted by Gasteiger charge is -2.30. The zero-order chi connectivity index (χ0) is 23.0. The van der Waals surface area contributed by atoms with E-state index in [2.05, 4.69) is 22.5 Å². The molecule has 0 heterocycles. The number of guanidine groups is 1. The van der Waals surface area contributed by atoms with E-state index in [9.17, 15) is 19.7 Å². The van der Waals surface area contributed by atoms with Gasteiger partial charge in [0.2, 0.25) is 11.6 Å². The number of hydrazine groups is 1. The van der Waals surface area contributed by atoms with Crippen LogP contribution in [0.5, 0.6) is 0 Å². The molecule has 0 aromatic carbocycles. The van der Waals surface area contributed by atoms with Crippen LogP contribution in [0.4, 0.5) is 0 Å².